The van der Waals surface area contributed by atoms with Crippen LogP contribution in [0.5, 0.6) is 5.75 Å². The van der Waals surface area contributed by atoms with Crippen LogP contribution in [0.4, 0.5) is 0 Å². The maximum atomic E-state index is 9.36. The Balaban J connectivity index is -0.000000336. The van der Waals surface area contributed by atoms with Gasteiger partial charge in [-0.3, -0.25) is 6.08 Å². The summed E-state index contributed by atoms with van der Waals surface area (Å²) in [5, 5.41) is 9.36. The van der Waals surface area contributed by atoms with E-state index in [0.29, 0.717) is 11.7 Å². The van der Waals surface area contributed by atoms with Gasteiger partial charge in [0.1, 0.15) is 5.75 Å². The Hall–Kier alpha value is -0.336. The Morgan fingerprint density at radius 2 is 1.48 bits per heavy atom. The summed E-state index contributed by atoms with van der Waals surface area (Å²) in [6, 6.07) is 5.71. The summed E-state index contributed by atoms with van der Waals surface area (Å²) in [5.74, 6) is 0.921. The fourth-order valence-electron chi connectivity index (χ4n) is 2.36. The fraction of sp³-hybridized carbons (Fsp3) is 0.476. The topological polar surface area (TPSA) is 20.2 Å². The zero-order valence-electron chi connectivity index (χ0n) is 16.8. The second-order valence-corrected chi connectivity index (χ2v) is 7.11. The standard InChI is InChI=1S/C11H16O.C9H13.CH2.2ClH.Ti/c1-8-5-9(11(2,3)4)7-10(12)6-8;1-6-5-7(2)9(4)8(6)3;;;;/h5-7,12H,1-4H3;6H,1-4H3;1H2;2*1H;/q;-1;;;;+1. The van der Waals surface area contributed by atoms with Crippen LogP contribution in [0, 0.1) is 18.9 Å². The van der Waals surface area contributed by atoms with Gasteiger partial charge < -0.3 is 5.11 Å². The molecule has 1 atom stereocenters. The van der Waals surface area contributed by atoms with Crippen molar-refractivity contribution in [3.63, 3.8) is 0 Å². The first-order valence-corrected chi connectivity index (χ1v) is 9.07. The molecule has 1 aromatic carbocycles. The van der Waals surface area contributed by atoms with Gasteiger partial charge in [-0.05, 0) is 35.6 Å². The van der Waals surface area contributed by atoms with E-state index >= 15 is 0 Å². The normalized spacial score (nSPS) is 15.6. The van der Waals surface area contributed by atoms with Crippen LogP contribution in [0.25, 0.3) is 0 Å². The zero-order chi connectivity index (χ0) is 18.4. The average molecular weight is 420 g/mol. The number of allylic oxidation sites excluding steroid dienone is 4. The monoisotopic (exact) mass is 419 g/mol. The number of benzene rings is 1. The Morgan fingerprint density at radius 3 is 1.72 bits per heavy atom. The van der Waals surface area contributed by atoms with Gasteiger partial charge in [-0.1, -0.05) is 53.5 Å². The van der Waals surface area contributed by atoms with Crippen LogP contribution in [0.3, 0.4) is 0 Å². The first kappa shape index (κ1) is 29.4. The molecule has 0 radical (unpaired) electrons. The van der Waals surface area contributed by atoms with Crippen LogP contribution < -0.4 is 0 Å². The van der Waals surface area contributed by atoms with Crippen LogP contribution >= 0.6 is 24.8 Å². The molecule has 0 aromatic heterocycles. The Bertz CT molecular complexity index is 578. The van der Waals surface area contributed by atoms with Crippen LogP contribution in [0.2, 0.25) is 0 Å². The molecule has 1 aliphatic carbocycles. The number of hydrogen-bond acceptors (Lipinski definition) is 1. The van der Waals surface area contributed by atoms with Crippen molar-refractivity contribution in [1.82, 2.24) is 0 Å². The van der Waals surface area contributed by atoms with Crippen molar-refractivity contribution in [3.8, 4) is 5.75 Å². The summed E-state index contributed by atoms with van der Waals surface area (Å²) < 4.78 is 0. The minimum absolute atomic E-state index is 0. The van der Waals surface area contributed by atoms with E-state index < -0.39 is 0 Å². The number of phenols is 1. The van der Waals surface area contributed by atoms with Gasteiger partial charge in [0.05, 0.1) is 0 Å². The summed E-state index contributed by atoms with van der Waals surface area (Å²) in [7, 11) is 0. The molecule has 141 valence electrons. The molecular formula is C21H33Cl2OTi. The zero-order valence-corrected chi connectivity index (χ0v) is 20.0. The second-order valence-electron chi connectivity index (χ2n) is 7.11. The van der Waals surface area contributed by atoms with Crippen molar-refractivity contribution in [3.05, 3.63) is 52.1 Å². The minimum atomic E-state index is 0. The van der Waals surface area contributed by atoms with Crippen molar-refractivity contribution in [1.29, 1.82) is 0 Å². The number of halogens is 2. The van der Waals surface area contributed by atoms with Crippen LogP contribution in [0.1, 0.15) is 59.6 Å². The fourth-order valence-corrected chi connectivity index (χ4v) is 2.36. The third-order valence-corrected chi connectivity index (χ3v) is 4.16. The third-order valence-electron chi connectivity index (χ3n) is 4.16. The molecule has 25 heavy (non-hydrogen) atoms. The SMILES string of the molecule is CC1=[C-]C(C)C(C)=C1C.Cc1cc(O)cc(C(C)(C)C)c1.Cl.Cl.[CH2]=[Ti+]. The van der Waals surface area contributed by atoms with E-state index in [2.05, 4.69) is 65.4 Å². The van der Waals surface area contributed by atoms with Crippen molar-refractivity contribution >= 4 is 29.6 Å². The molecular weight excluding hydrogens is 387 g/mol. The van der Waals surface area contributed by atoms with Gasteiger partial charge >= 0.3 is 24.8 Å². The van der Waals surface area contributed by atoms with E-state index in [1.165, 1.54) is 22.3 Å². The molecule has 1 nitrogen and oxygen atoms in total. The Kier molecular flexibility index (Phi) is 15.2. The molecule has 0 aliphatic heterocycles. The molecule has 2 rings (SSSR count). The van der Waals surface area contributed by atoms with E-state index in [1.807, 2.05) is 13.0 Å². The molecule has 0 amide bonds. The molecule has 1 N–H and O–H groups in total. The van der Waals surface area contributed by atoms with Crippen molar-refractivity contribution in [2.75, 3.05) is 0 Å². The molecule has 0 fully saturated rings. The van der Waals surface area contributed by atoms with Crippen LogP contribution in [-0.4, -0.2) is 9.92 Å². The number of phenolic OH excluding ortho intramolecular Hbond substituents is 1. The molecule has 1 aliphatic rings. The summed E-state index contributed by atoms with van der Waals surface area (Å²) in [4.78, 5) is 3.25. The molecule has 1 aromatic rings. The number of aryl methyl sites for hydroxylation is 1. The van der Waals surface area contributed by atoms with Gasteiger partial charge in [0.15, 0.2) is 0 Å². The Morgan fingerprint density at radius 1 is 1.00 bits per heavy atom. The molecule has 0 saturated heterocycles. The first-order chi connectivity index (χ1) is 10.5. The maximum absolute atomic E-state index is 9.36. The van der Waals surface area contributed by atoms with Gasteiger partial charge in [-0.25, -0.2) is 5.57 Å². The number of rotatable bonds is 0. The summed E-state index contributed by atoms with van der Waals surface area (Å²) >= 11 is 1.75. The van der Waals surface area contributed by atoms with Gasteiger partial charge in [-0.2, -0.15) is 11.1 Å². The van der Waals surface area contributed by atoms with E-state index in [0.717, 1.165) is 5.56 Å². The predicted octanol–water partition coefficient (Wildman–Crippen LogP) is 6.53. The van der Waals surface area contributed by atoms with Crippen LogP contribution in [0.15, 0.2) is 34.9 Å². The first-order valence-electron chi connectivity index (χ1n) is 7.96. The number of aromatic hydroxyl groups is 1. The Labute approximate surface area is 178 Å². The molecule has 1 unspecified atom stereocenters. The van der Waals surface area contributed by atoms with Gasteiger partial charge in [-0.15, -0.1) is 31.7 Å². The number of hydrogen-bond donors (Lipinski definition) is 1. The van der Waals surface area contributed by atoms with Gasteiger partial charge in [0.25, 0.3) is 0 Å². The third kappa shape index (κ3) is 9.80. The van der Waals surface area contributed by atoms with Crippen molar-refractivity contribution in [2.45, 2.75) is 60.8 Å². The summed E-state index contributed by atoms with van der Waals surface area (Å²) in [5.41, 5.74) is 6.65. The van der Waals surface area contributed by atoms with E-state index in [-0.39, 0.29) is 30.2 Å². The molecule has 0 saturated carbocycles. The molecule has 0 bridgehead atoms. The molecule has 0 spiro atoms. The van der Waals surface area contributed by atoms with Crippen molar-refractivity contribution in [2.24, 2.45) is 5.92 Å². The van der Waals surface area contributed by atoms with Crippen molar-refractivity contribution < 1.29 is 25.1 Å². The quantitative estimate of drug-likeness (QED) is 0.374. The van der Waals surface area contributed by atoms with E-state index in [1.54, 1.807) is 26.0 Å². The van der Waals surface area contributed by atoms with E-state index in [4.69, 9.17) is 0 Å². The predicted molar refractivity (Wildman–Crippen MR) is 113 cm³/mol. The summed E-state index contributed by atoms with van der Waals surface area (Å²) in [6.07, 6.45) is 3.36. The van der Waals surface area contributed by atoms with E-state index in [9.17, 15) is 5.11 Å². The summed E-state index contributed by atoms with van der Waals surface area (Å²) in [6.45, 7) is 17.1. The molecule has 0 heterocycles. The van der Waals surface area contributed by atoms with Gasteiger partial charge in [0.2, 0.25) is 0 Å². The molecule has 4 heteroatoms. The average Bonchev–Trinajstić information content (AvgIpc) is 2.66. The second kappa shape index (κ2) is 12.9. The van der Waals surface area contributed by atoms with Gasteiger partial charge in [0, 0.05) is 0 Å². The van der Waals surface area contributed by atoms with Crippen LogP contribution in [-0.2, 0) is 25.4 Å².